The standard InChI is InChI=1S/C14H23N5O14/c1-7(2)12(20)33-15-13(3,4)10(31-18(25)26)8(29-16(21)22)9(30-17(23)24)11(14(15,5)6)32-19(27)28/h7-11H,1-6H3. The third-order valence-electron chi connectivity index (χ3n) is 4.83. The predicted molar refractivity (Wildman–Crippen MR) is 98.4 cm³/mol. The fourth-order valence-electron chi connectivity index (χ4n) is 3.55. The molecule has 1 aliphatic heterocycles. The third-order valence-corrected chi connectivity index (χ3v) is 4.83. The quantitative estimate of drug-likeness (QED) is 0.298. The molecular weight excluding hydrogens is 462 g/mol. The zero-order chi connectivity index (χ0) is 25.9. The highest BCUT2D eigenvalue weighted by Gasteiger charge is 2.64. The molecule has 0 spiro atoms. The van der Waals surface area contributed by atoms with Gasteiger partial charge in [-0.25, -0.2) is 0 Å². The summed E-state index contributed by atoms with van der Waals surface area (Å²) in [5.74, 6) is -1.67. The molecule has 1 rings (SSSR count). The van der Waals surface area contributed by atoms with Gasteiger partial charge in [-0.15, -0.1) is 45.5 Å². The summed E-state index contributed by atoms with van der Waals surface area (Å²) in [6.07, 6.45) is -8.92. The Balaban J connectivity index is 3.92. The summed E-state index contributed by atoms with van der Waals surface area (Å²) >= 11 is 0. The van der Waals surface area contributed by atoms with Crippen molar-refractivity contribution in [3.8, 4) is 0 Å². The molecular formula is C14H23N5O14. The van der Waals surface area contributed by atoms with E-state index in [0.717, 1.165) is 5.06 Å². The summed E-state index contributed by atoms with van der Waals surface area (Å²) in [5.41, 5.74) is -3.87. The van der Waals surface area contributed by atoms with E-state index in [1.165, 1.54) is 41.5 Å². The molecule has 19 heteroatoms. The lowest BCUT2D eigenvalue weighted by Crippen LogP contribution is -2.64. The zero-order valence-electron chi connectivity index (χ0n) is 18.3. The summed E-state index contributed by atoms with van der Waals surface area (Å²) in [6, 6.07) is 0. The number of hydrogen-bond donors (Lipinski definition) is 0. The fraction of sp³-hybridized carbons (Fsp3) is 0.929. The van der Waals surface area contributed by atoms with Gasteiger partial charge in [-0.1, -0.05) is 13.8 Å². The van der Waals surface area contributed by atoms with Gasteiger partial charge < -0.3 is 24.2 Å². The lowest BCUT2D eigenvalue weighted by Gasteiger charge is -2.48. The largest absolute Gasteiger partial charge is 0.366 e. The van der Waals surface area contributed by atoms with E-state index in [0.29, 0.717) is 0 Å². The maximum Gasteiger partial charge on any atom is 0.327 e. The highest BCUT2D eigenvalue weighted by molar-refractivity contribution is 5.71. The Morgan fingerprint density at radius 1 is 0.727 bits per heavy atom. The fourth-order valence-corrected chi connectivity index (χ4v) is 3.55. The van der Waals surface area contributed by atoms with Crippen LogP contribution in [0.5, 0.6) is 0 Å². The number of hydroxylamine groups is 2. The maximum atomic E-state index is 12.4. The molecule has 1 fully saturated rings. The van der Waals surface area contributed by atoms with Crippen molar-refractivity contribution < 1.29 is 49.3 Å². The van der Waals surface area contributed by atoms with Crippen LogP contribution in [0.15, 0.2) is 0 Å². The van der Waals surface area contributed by atoms with Crippen LogP contribution in [0.4, 0.5) is 0 Å². The number of rotatable bonds is 10. The lowest BCUT2D eigenvalue weighted by atomic mass is 9.91. The first-order chi connectivity index (χ1) is 14.9. The van der Waals surface area contributed by atoms with Crippen LogP contribution in [0, 0.1) is 46.4 Å². The number of hydrogen-bond acceptors (Lipinski definition) is 15. The van der Waals surface area contributed by atoms with Gasteiger partial charge in [-0.05, 0) is 27.7 Å². The summed E-state index contributed by atoms with van der Waals surface area (Å²) < 4.78 is 0. The van der Waals surface area contributed by atoms with Crippen LogP contribution in [0.2, 0.25) is 0 Å². The Kier molecular flexibility index (Phi) is 8.09. The van der Waals surface area contributed by atoms with Gasteiger partial charge in [0.05, 0.1) is 17.0 Å². The molecule has 0 N–H and O–H groups in total. The van der Waals surface area contributed by atoms with Gasteiger partial charge in [0.25, 0.3) is 20.3 Å². The molecule has 4 atom stereocenters. The summed E-state index contributed by atoms with van der Waals surface area (Å²) in [6.45, 7) is 7.56. The molecule has 0 aromatic carbocycles. The Morgan fingerprint density at radius 3 is 1.27 bits per heavy atom. The van der Waals surface area contributed by atoms with E-state index < -0.39 is 67.7 Å². The molecule has 1 saturated heterocycles. The predicted octanol–water partition coefficient (Wildman–Crippen LogP) is 0.281. The van der Waals surface area contributed by atoms with Gasteiger partial charge in [-0.3, -0.25) is 4.79 Å². The molecule has 33 heavy (non-hydrogen) atoms. The van der Waals surface area contributed by atoms with Crippen molar-refractivity contribution in [2.45, 2.75) is 77.0 Å². The van der Waals surface area contributed by atoms with Gasteiger partial charge >= 0.3 is 5.97 Å². The molecule has 0 amide bonds. The van der Waals surface area contributed by atoms with Gasteiger partial charge in [0.2, 0.25) is 0 Å². The molecule has 0 bridgehead atoms. The molecule has 188 valence electrons. The van der Waals surface area contributed by atoms with E-state index >= 15 is 0 Å². The second kappa shape index (κ2) is 9.79. The van der Waals surface area contributed by atoms with E-state index in [1.54, 1.807) is 0 Å². The van der Waals surface area contributed by atoms with Crippen LogP contribution in [-0.2, 0) is 29.0 Å². The monoisotopic (exact) mass is 485 g/mol. The molecule has 1 heterocycles. The normalized spacial score (nSPS) is 26.4. The highest BCUT2D eigenvalue weighted by atomic mass is 17.0. The highest BCUT2D eigenvalue weighted by Crippen LogP contribution is 2.42. The van der Waals surface area contributed by atoms with Gasteiger partial charge in [-0.2, -0.15) is 0 Å². The minimum Gasteiger partial charge on any atom is -0.366 e. The van der Waals surface area contributed by atoms with Gasteiger partial charge in [0.15, 0.2) is 24.4 Å². The van der Waals surface area contributed by atoms with E-state index in [4.69, 9.17) is 4.84 Å². The summed E-state index contributed by atoms with van der Waals surface area (Å²) in [7, 11) is 0. The van der Waals surface area contributed by atoms with Crippen LogP contribution >= 0.6 is 0 Å². The average molecular weight is 485 g/mol. The molecule has 0 saturated carbocycles. The van der Waals surface area contributed by atoms with E-state index in [1.807, 2.05) is 0 Å². The van der Waals surface area contributed by atoms with Crippen LogP contribution in [0.25, 0.3) is 0 Å². The number of carbonyl (C=O) groups excluding carboxylic acids is 1. The van der Waals surface area contributed by atoms with E-state index in [9.17, 15) is 45.3 Å². The van der Waals surface area contributed by atoms with E-state index in [-0.39, 0.29) is 0 Å². The minimum atomic E-state index is -2.34. The first-order valence-corrected chi connectivity index (χ1v) is 9.19. The molecule has 0 aromatic rings. The lowest BCUT2D eigenvalue weighted by molar-refractivity contribution is -0.827. The Morgan fingerprint density at radius 2 is 1.03 bits per heavy atom. The minimum absolute atomic E-state index is 0.726. The second-order valence-electron chi connectivity index (χ2n) is 8.25. The molecule has 0 radical (unpaired) electrons. The molecule has 0 aromatic heterocycles. The van der Waals surface area contributed by atoms with Crippen molar-refractivity contribution in [1.82, 2.24) is 5.06 Å². The van der Waals surface area contributed by atoms with Gasteiger partial charge in [0.1, 0.15) is 0 Å². The Hall–Kier alpha value is -3.77. The molecule has 0 aliphatic carbocycles. The second-order valence-corrected chi connectivity index (χ2v) is 8.25. The molecule has 19 nitrogen and oxygen atoms in total. The van der Waals surface area contributed by atoms with Crippen LogP contribution in [0.1, 0.15) is 41.5 Å². The van der Waals surface area contributed by atoms with Crippen molar-refractivity contribution in [3.63, 3.8) is 0 Å². The topological polar surface area (TPSA) is 239 Å². The third kappa shape index (κ3) is 6.14. The molecule has 4 unspecified atom stereocenters. The van der Waals surface area contributed by atoms with E-state index in [2.05, 4.69) is 19.4 Å². The summed E-state index contributed by atoms with van der Waals surface area (Å²) in [5, 5.41) is 39.8. The van der Waals surface area contributed by atoms with Gasteiger partial charge in [0, 0.05) is 0 Å². The number of carbonyl (C=O) groups is 1. The van der Waals surface area contributed by atoms with Crippen LogP contribution in [-0.4, -0.2) is 66.9 Å². The zero-order valence-corrected chi connectivity index (χ0v) is 18.3. The first-order valence-electron chi connectivity index (χ1n) is 9.19. The smallest absolute Gasteiger partial charge is 0.327 e. The average Bonchev–Trinajstić information content (AvgIpc) is 2.66. The van der Waals surface area contributed by atoms with Crippen molar-refractivity contribution in [1.29, 1.82) is 0 Å². The van der Waals surface area contributed by atoms with Crippen molar-refractivity contribution >= 4 is 5.97 Å². The van der Waals surface area contributed by atoms with Crippen molar-refractivity contribution in [2.24, 2.45) is 5.92 Å². The first kappa shape index (κ1) is 27.3. The SMILES string of the molecule is CC(C)C(=O)ON1C(C)(C)C(O[N+](=O)[O-])C(O[N+](=O)[O-])C(O[N+](=O)[O-])C(O[N+](=O)[O-])C1(C)C. The van der Waals surface area contributed by atoms with Crippen LogP contribution < -0.4 is 0 Å². The van der Waals surface area contributed by atoms with Crippen LogP contribution in [0.3, 0.4) is 0 Å². The maximum absolute atomic E-state index is 12.4. The summed E-state index contributed by atoms with van der Waals surface area (Å²) in [4.78, 5) is 80.4. The molecule has 1 aliphatic rings. The Labute approximate surface area is 184 Å². The van der Waals surface area contributed by atoms with Crippen molar-refractivity contribution in [2.75, 3.05) is 0 Å². The Bertz CT molecular complexity index is 747. The van der Waals surface area contributed by atoms with Crippen molar-refractivity contribution in [3.05, 3.63) is 40.5 Å². The number of nitrogens with zero attached hydrogens (tertiary/aromatic N) is 5.